The molecule has 0 fully saturated rings. The van der Waals surface area contributed by atoms with Gasteiger partial charge in [0.1, 0.15) is 16.1 Å². The number of rotatable bonds is 2. The number of nitrogens with one attached hydrogen (secondary N) is 2. The lowest BCUT2D eigenvalue weighted by atomic mass is 10.2. The number of aromatic hydroxyl groups is 1. The van der Waals surface area contributed by atoms with Crippen LogP contribution in [0.5, 0.6) is 5.75 Å². The largest absolute Gasteiger partial charge is 0.506 e. The predicted octanol–water partition coefficient (Wildman–Crippen LogP) is 0.977. The van der Waals surface area contributed by atoms with Gasteiger partial charge in [0, 0.05) is 4.88 Å². The average Bonchev–Trinajstić information content (AvgIpc) is 2.71. The molecular weight excluding hydrogens is 244 g/mol. The second-order valence-electron chi connectivity index (χ2n) is 3.43. The molecule has 0 saturated heterocycles. The number of H-pyrrole nitrogens is 1. The predicted molar refractivity (Wildman–Crippen MR) is 62.7 cm³/mol. The second kappa shape index (κ2) is 4.19. The minimum atomic E-state index is -1.03. The van der Waals surface area contributed by atoms with Gasteiger partial charge in [-0.05, 0) is 12.5 Å². The number of hydroxylamine groups is 1. The maximum absolute atomic E-state index is 11.6. The third-order valence-corrected chi connectivity index (χ3v) is 3.60. The molecule has 0 spiro atoms. The first-order chi connectivity index (χ1) is 8.08. The van der Waals surface area contributed by atoms with Crippen molar-refractivity contribution < 1.29 is 15.1 Å². The number of pyridine rings is 1. The molecule has 0 aliphatic heterocycles. The Morgan fingerprint density at radius 3 is 2.88 bits per heavy atom. The van der Waals surface area contributed by atoms with Crippen molar-refractivity contribution in [3.8, 4) is 5.75 Å². The second-order valence-corrected chi connectivity index (χ2v) is 4.56. The molecular formula is C10H10N2O4S. The number of amides is 1. The van der Waals surface area contributed by atoms with Crippen LogP contribution in [0.4, 0.5) is 0 Å². The quantitative estimate of drug-likeness (QED) is 0.473. The molecule has 2 rings (SSSR count). The fourth-order valence-electron chi connectivity index (χ4n) is 1.56. The maximum Gasteiger partial charge on any atom is 0.284 e. The van der Waals surface area contributed by atoms with Crippen LogP contribution in [0.15, 0.2) is 10.9 Å². The van der Waals surface area contributed by atoms with Gasteiger partial charge < -0.3 is 10.1 Å². The van der Waals surface area contributed by atoms with Crippen LogP contribution in [0.25, 0.3) is 10.2 Å². The van der Waals surface area contributed by atoms with Crippen LogP contribution in [0, 0.1) is 0 Å². The molecule has 0 aliphatic carbocycles. The lowest BCUT2D eigenvalue weighted by molar-refractivity contribution is 0.0702. The fourth-order valence-corrected chi connectivity index (χ4v) is 2.55. The van der Waals surface area contributed by atoms with E-state index in [9.17, 15) is 14.7 Å². The Morgan fingerprint density at radius 2 is 2.29 bits per heavy atom. The molecule has 0 unspecified atom stereocenters. The number of aromatic nitrogens is 1. The Balaban J connectivity index is 2.79. The topological polar surface area (TPSA) is 102 Å². The number of hydrogen-bond donors (Lipinski definition) is 4. The van der Waals surface area contributed by atoms with Crippen LogP contribution in [0.1, 0.15) is 22.2 Å². The molecule has 17 heavy (non-hydrogen) atoms. The lowest BCUT2D eigenvalue weighted by Crippen LogP contribution is -2.27. The Bertz CT molecular complexity index is 644. The van der Waals surface area contributed by atoms with Crippen LogP contribution in [-0.2, 0) is 6.42 Å². The minimum Gasteiger partial charge on any atom is -0.506 e. The molecule has 4 N–H and O–H groups in total. The van der Waals surface area contributed by atoms with Crippen molar-refractivity contribution in [3.63, 3.8) is 0 Å². The minimum absolute atomic E-state index is 0.407. The van der Waals surface area contributed by atoms with E-state index in [2.05, 4.69) is 4.98 Å². The zero-order valence-electron chi connectivity index (χ0n) is 8.90. The highest BCUT2D eigenvalue weighted by atomic mass is 32.1. The number of carbonyl (C=O) groups is 1. The molecule has 6 nitrogen and oxygen atoms in total. The van der Waals surface area contributed by atoms with Crippen LogP contribution >= 0.6 is 11.3 Å². The first-order valence-corrected chi connectivity index (χ1v) is 5.72. The number of aromatic amines is 1. The maximum atomic E-state index is 11.6. The van der Waals surface area contributed by atoms with Crippen molar-refractivity contribution >= 4 is 27.5 Å². The van der Waals surface area contributed by atoms with Gasteiger partial charge in [0.15, 0.2) is 0 Å². The first-order valence-electron chi connectivity index (χ1n) is 4.90. The number of aryl methyl sites for hydroxylation is 1. The molecule has 0 aliphatic rings. The summed E-state index contributed by atoms with van der Waals surface area (Å²) in [5.41, 5.74) is 0.117. The van der Waals surface area contributed by atoms with Gasteiger partial charge in [0.05, 0.1) is 5.39 Å². The van der Waals surface area contributed by atoms with Gasteiger partial charge in [-0.15, -0.1) is 11.3 Å². The molecule has 90 valence electrons. The SMILES string of the molecule is CCc1cc2c(O)c(C(=O)NO)c(=O)[nH]c2s1. The molecule has 7 heteroatoms. The van der Waals surface area contributed by atoms with E-state index < -0.39 is 22.8 Å². The summed E-state index contributed by atoms with van der Waals surface area (Å²) >= 11 is 1.34. The molecule has 2 heterocycles. The van der Waals surface area contributed by atoms with Gasteiger partial charge >= 0.3 is 0 Å². The third kappa shape index (κ3) is 1.79. The summed E-state index contributed by atoms with van der Waals surface area (Å²) in [6, 6.07) is 1.71. The Labute approximate surface area is 99.5 Å². The van der Waals surface area contributed by atoms with E-state index in [-0.39, 0.29) is 0 Å². The van der Waals surface area contributed by atoms with Crippen LogP contribution in [-0.4, -0.2) is 21.2 Å². The van der Waals surface area contributed by atoms with Crippen molar-refractivity contribution in [2.45, 2.75) is 13.3 Å². The molecule has 0 bridgehead atoms. The standard InChI is InChI=1S/C10H10N2O4S/c1-2-4-3-5-7(13)6(9(15)12-16)8(14)11-10(5)17-4/h3,16H,2H2,1H3,(H,12,15)(H2,11,13,14). The number of fused-ring (bicyclic) bond motifs is 1. The molecule has 1 amide bonds. The van der Waals surface area contributed by atoms with Crippen molar-refractivity contribution in [1.82, 2.24) is 10.5 Å². The van der Waals surface area contributed by atoms with Gasteiger partial charge in [-0.3, -0.25) is 14.8 Å². The fraction of sp³-hybridized carbons (Fsp3) is 0.200. The lowest BCUT2D eigenvalue weighted by Gasteiger charge is -2.01. The van der Waals surface area contributed by atoms with Crippen LogP contribution in [0.3, 0.4) is 0 Å². The highest BCUT2D eigenvalue weighted by Crippen LogP contribution is 2.31. The van der Waals surface area contributed by atoms with Crippen molar-refractivity contribution in [3.05, 3.63) is 26.9 Å². The molecule has 0 atom stereocenters. The third-order valence-electron chi connectivity index (χ3n) is 2.41. The van der Waals surface area contributed by atoms with Gasteiger partial charge in [0.25, 0.3) is 11.5 Å². The zero-order chi connectivity index (χ0) is 12.6. The summed E-state index contributed by atoms with van der Waals surface area (Å²) in [5.74, 6) is -1.44. The molecule has 0 radical (unpaired) electrons. The smallest absolute Gasteiger partial charge is 0.284 e. The summed E-state index contributed by atoms with van der Waals surface area (Å²) < 4.78 is 0. The van der Waals surface area contributed by atoms with Gasteiger partial charge in [-0.1, -0.05) is 6.92 Å². The summed E-state index contributed by atoms with van der Waals surface area (Å²) in [7, 11) is 0. The number of thiophene rings is 1. The highest BCUT2D eigenvalue weighted by Gasteiger charge is 2.19. The summed E-state index contributed by atoms with van der Waals surface area (Å²) in [6.07, 6.45) is 0.766. The summed E-state index contributed by atoms with van der Waals surface area (Å²) in [5, 5.41) is 18.8. The van der Waals surface area contributed by atoms with Gasteiger partial charge in [-0.2, -0.15) is 0 Å². The highest BCUT2D eigenvalue weighted by molar-refractivity contribution is 7.18. The average molecular weight is 254 g/mol. The normalized spacial score (nSPS) is 10.7. The monoisotopic (exact) mass is 254 g/mol. The van der Waals surface area contributed by atoms with E-state index in [1.165, 1.54) is 16.8 Å². The number of carbonyl (C=O) groups excluding carboxylic acids is 1. The van der Waals surface area contributed by atoms with E-state index in [0.29, 0.717) is 10.2 Å². The number of hydrogen-bond acceptors (Lipinski definition) is 5. The van der Waals surface area contributed by atoms with Crippen molar-refractivity contribution in [1.29, 1.82) is 0 Å². The van der Waals surface area contributed by atoms with E-state index in [1.54, 1.807) is 6.07 Å². The molecule has 0 aromatic carbocycles. The Morgan fingerprint density at radius 1 is 1.59 bits per heavy atom. The van der Waals surface area contributed by atoms with Crippen molar-refractivity contribution in [2.75, 3.05) is 0 Å². The van der Waals surface area contributed by atoms with E-state index in [1.807, 2.05) is 6.92 Å². The van der Waals surface area contributed by atoms with E-state index >= 15 is 0 Å². The van der Waals surface area contributed by atoms with Gasteiger partial charge in [0.2, 0.25) is 0 Å². The zero-order valence-corrected chi connectivity index (χ0v) is 9.72. The Kier molecular flexibility index (Phi) is 2.86. The van der Waals surface area contributed by atoms with E-state index in [4.69, 9.17) is 5.21 Å². The Hall–Kier alpha value is -1.86. The molecule has 0 saturated carbocycles. The molecule has 2 aromatic rings. The summed E-state index contributed by atoms with van der Waals surface area (Å²) in [4.78, 5) is 26.8. The van der Waals surface area contributed by atoms with Crippen molar-refractivity contribution in [2.24, 2.45) is 0 Å². The molecule has 2 aromatic heterocycles. The summed E-state index contributed by atoms with van der Waals surface area (Å²) in [6.45, 7) is 1.95. The van der Waals surface area contributed by atoms with Gasteiger partial charge in [-0.25, -0.2) is 5.48 Å². The van der Waals surface area contributed by atoms with Crippen LogP contribution < -0.4 is 11.0 Å². The van der Waals surface area contributed by atoms with Crippen LogP contribution in [0.2, 0.25) is 0 Å². The van der Waals surface area contributed by atoms with E-state index in [0.717, 1.165) is 11.3 Å². The first kappa shape index (κ1) is 11.6.